The predicted octanol–water partition coefficient (Wildman–Crippen LogP) is 1.30. The first kappa shape index (κ1) is 8.76. The molecule has 6 heteroatoms. The van der Waals surface area contributed by atoms with Crippen molar-refractivity contribution < 1.29 is 9.90 Å². The van der Waals surface area contributed by atoms with Crippen LogP contribution < -0.4 is 0 Å². The minimum absolute atomic E-state index is 0.200. The van der Waals surface area contributed by atoms with Crippen molar-refractivity contribution in [1.82, 2.24) is 15.0 Å². The molecule has 0 saturated carbocycles. The Labute approximate surface area is 83.1 Å². The van der Waals surface area contributed by atoms with E-state index in [0.29, 0.717) is 10.7 Å². The van der Waals surface area contributed by atoms with Gasteiger partial charge in [-0.15, -0.1) is 11.3 Å². The second kappa shape index (κ2) is 3.51. The maximum atomic E-state index is 10.6. The van der Waals surface area contributed by atoms with Crippen LogP contribution in [0.4, 0.5) is 0 Å². The van der Waals surface area contributed by atoms with E-state index in [1.54, 1.807) is 12.4 Å². The molecule has 70 valence electrons. The molecule has 1 N–H and O–H groups in total. The fourth-order valence-corrected chi connectivity index (χ4v) is 1.62. The fourth-order valence-electron chi connectivity index (χ4n) is 0.901. The number of thiazole rings is 1. The lowest BCUT2D eigenvalue weighted by molar-refractivity contribution is 0.0702. The number of aromatic carboxylic acids is 1. The molecule has 0 bridgehead atoms. The normalized spacial score (nSPS) is 10.0. The van der Waals surface area contributed by atoms with Crippen LogP contribution >= 0.6 is 11.3 Å². The summed E-state index contributed by atoms with van der Waals surface area (Å²) in [5.41, 5.74) is 0.588. The van der Waals surface area contributed by atoms with Gasteiger partial charge >= 0.3 is 5.97 Å². The van der Waals surface area contributed by atoms with Crippen LogP contribution in [0.15, 0.2) is 24.8 Å². The number of carbonyl (C=O) groups is 1. The van der Waals surface area contributed by atoms with E-state index in [1.165, 1.54) is 12.4 Å². The Morgan fingerprint density at radius 2 is 2.14 bits per heavy atom. The van der Waals surface area contributed by atoms with Gasteiger partial charge < -0.3 is 5.11 Å². The third-order valence-corrected chi connectivity index (χ3v) is 2.51. The summed E-state index contributed by atoms with van der Waals surface area (Å²) in [6, 6.07) is 0. The van der Waals surface area contributed by atoms with Gasteiger partial charge in [0.2, 0.25) is 0 Å². The van der Waals surface area contributed by atoms with Crippen molar-refractivity contribution in [2.75, 3.05) is 0 Å². The average molecular weight is 207 g/mol. The molecule has 0 aliphatic rings. The number of hydrogen-bond acceptors (Lipinski definition) is 5. The molecule has 0 aromatic carbocycles. The molecule has 0 atom stereocenters. The van der Waals surface area contributed by atoms with Gasteiger partial charge in [-0.05, 0) is 0 Å². The van der Waals surface area contributed by atoms with Gasteiger partial charge in [-0.25, -0.2) is 9.78 Å². The first-order valence-electron chi connectivity index (χ1n) is 3.73. The third-order valence-electron chi connectivity index (χ3n) is 1.50. The summed E-state index contributed by atoms with van der Waals surface area (Å²) in [6.07, 6.45) is 5.95. The van der Waals surface area contributed by atoms with Gasteiger partial charge in [0.15, 0.2) is 0 Å². The van der Waals surface area contributed by atoms with Gasteiger partial charge in [-0.2, -0.15) is 0 Å². The van der Waals surface area contributed by atoms with Crippen LogP contribution in [0.3, 0.4) is 0 Å². The molecule has 0 spiro atoms. The van der Waals surface area contributed by atoms with E-state index >= 15 is 0 Å². The molecule has 0 aliphatic heterocycles. The van der Waals surface area contributed by atoms with E-state index in [2.05, 4.69) is 15.0 Å². The number of nitrogens with zero attached hydrogens (tertiary/aromatic N) is 3. The highest BCUT2D eigenvalue weighted by molar-refractivity contribution is 7.16. The van der Waals surface area contributed by atoms with Crippen LogP contribution in [0.25, 0.3) is 10.7 Å². The Bertz CT molecular complexity index is 455. The quantitative estimate of drug-likeness (QED) is 0.803. The van der Waals surface area contributed by atoms with Crippen molar-refractivity contribution in [3.05, 3.63) is 29.7 Å². The molecule has 0 radical (unpaired) electrons. The van der Waals surface area contributed by atoms with Crippen molar-refractivity contribution in [3.63, 3.8) is 0 Å². The van der Waals surface area contributed by atoms with Crippen LogP contribution in [-0.2, 0) is 0 Å². The predicted molar refractivity (Wildman–Crippen MR) is 50.1 cm³/mol. The van der Waals surface area contributed by atoms with E-state index in [9.17, 15) is 4.79 Å². The lowest BCUT2D eigenvalue weighted by Crippen LogP contribution is -1.89. The summed E-state index contributed by atoms with van der Waals surface area (Å²) >= 11 is 1.08. The van der Waals surface area contributed by atoms with Gasteiger partial charge in [0.1, 0.15) is 15.6 Å². The van der Waals surface area contributed by atoms with Crippen LogP contribution in [0.2, 0.25) is 0 Å². The summed E-state index contributed by atoms with van der Waals surface area (Å²) in [6.45, 7) is 0. The maximum Gasteiger partial charge on any atom is 0.347 e. The van der Waals surface area contributed by atoms with E-state index in [-0.39, 0.29) is 4.88 Å². The van der Waals surface area contributed by atoms with Gasteiger partial charge in [-0.3, -0.25) is 9.97 Å². The molecule has 2 heterocycles. The Hall–Kier alpha value is -1.82. The topological polar surface area (TPSA) is 76.0 Å². The molecular formula is C8H5N3O2S. The second-order valence-electron chi connectivity index (χ2n) is 2.43. The van der Waals surface area contributed by atoms with Crippen molar-refractivity contribution in [3.8, 4) is 10.7 Å². The molecule has 0 unspecified atom stereocenters. The highest BCUT2D eigenvalue weighted by Crippen LogP contribution is 2.22. The lowest BCUT2D eigenvalue weighted by Gasteiger charge is -1.90. The SMILES string of the molecule is O=C(O)c1cnc(-c2cnccn2)s1. The van der Waals surface area contributed by atoms with Gasteiger partial charge in [0.05, 0.1) is 12.4 Å². The molecular weight excluding hydrogens is 202 g/mol. The number of carboxylic acid groups (broad SMARTS) is 1. The summed E-state index contributed by atoms with van der Waals surface area (Å²) in [4.78, 5) is 22.6. The highest BCUT2D eigenvalue weighted by atomic mass is 32.1. The third kappa shape index (κ3) is 1.60. The molecule has 2 aromatic rings. The van der Waals surface area contributed by atoms with E-state index in [1.807, 2.05) is 0 Å². The van der Waals surface area contributed by atoms with E-state index < -0.39 is 5.97 Å². The number of rotatable bonds is 2. The standard InChI is InChI=1S/C8H5N3O2S/c12-8(13)6-4-11-7(14-6)5-3-9-1-2-10-5/h1-4H,(H,12,13). The highest BCUT2D eigenvalue weighted by Gasteiger charge is 2.10. The number of hydrogen-bond donors (Lipinski definition) is 1. The van der Waals surface area contributed by atoms with Gasteiger partial charge in [0.25, 0.3) is 0 Å². The Morgan fingerprint density at radius 3 is 2.71 bits per heavy atom. The molecule has 14 heavy (non-hydrogen) atoms. The van der Waals surface area contributed by atoms with Gasteiger partial charge in [0, 0.05) is 12.4 Å². The zero-order chi connectivity index (χ0) is 9.97. The average Bonchev–Trinajstić information content (AvgIpc) is 2.68. The summed E-state index contributed by atoms with van der Waals surface area (Å²) in [5, 5.41) is 9.24. The van der Waals surface area contributed by atoms with E-state index in [0.717, 1.165) is 11.3 Å². The first-order valence-corrected chi connectivity index (χ1v) is 4.54. The molecule has 0 fully saturated rings. The van der Waals surface area contributed by atoms with E-state index in [4.69, 9.17) is 5.11 Å². The minimum atomic E-state index is -0.974. The molecule has 0 saturated heterocycles. The van der Waals surface area contributed by atoms with Crippen molar-refractivity contribution >= 4 is 17.3 Å². The van der Waals surface area contributed by atoms with Crippen molar-refractivity contribution in [2.24, 2.45) is 0 Å². The molecule has 0 aliphatic carbocycles. The summed E-state index contributed by atoms with van der Waals surface area (Å²) in [7, 11) is 0. The summed E-state index contributed by atoms with van der Waals surface area (Å²) in [5.74, 6) is -0.974. The van der Waals surface area contributed by atoms with Crippen LogP contribution in [0.1, 0.15) is 9.67 Å². The minimum Gasteiger partial charge on any atom is -0.477 e. The van der Waals surface area contributed by atoms with Gasteiger partial charge in [-0.1, -0.05) is 0 Å². The van der Waals surface area contributed by atoms with Crippen LogP contribution in [-0.4, -0.2) is 26.0 Å². The molecule has 2 aromatic heterocycles. The lowest BCUT2D eigenvalue weighted by atomic mass is 10.5. The smallest absolute Gasteiger partial charge is 0.347 e. The second-order valence-corrected chi connectivity index (χ2v) is 3.46. The molecule has 5 nitrogen and oxygen atoms in total. The monoisotopic (exact) mass is 207 g/mol. The maximum absolute atomic E-state index is 10.6. The van der Waals surface area contributed by atoms with Crippen LogP contribution in [0, 0.1) is 0 Å². The molecule has 0 amide bonds. The fraction of sp³-hybridized carbons (Fsp3) is 0. The number of aromatic nitrogens is 3. The number of carboxylic acids is 1. The largest absolute Gasteiger partial charge is 0.477 e. The Balaban J connectivity index is 2.39. The first-order chi connectivity index (χ1) is 6.77. The summed E-state index contributed by atoms with van der Waals surface area (Å²) < 4.78 is 0. The zero-order valence-corrected chi connectivity index (χ0v) is 7.73. The zero-order valence-electron chi connectivity index (χ0n) is 6.91. The van der Waals surface area contributed by atoms with Crippen LogP contribution in [0.5, 0.6) is 0 Å². The Kier molecular flexibility index (Phi) is 2.19. The van der Waals surface area contributed by atoms with Crippen molar-refractivity contribution in [1.29, 1.82) is 0 Å². The Morgan fingerprint density at radius 1 is 1.29 bits per heavy atom. The molecule has 2 rings (SSSR count). The van der Waals surface area contributed by atoms with Crippen molar-refractivity contribution in [2.45, 2.75) is 0 Å².